The van der Waals surface area contributed by atoms with Crippen LogP contribution in [0.2, 0.25) is 0 Å². The first kappa shape index (κ1) is 18.0. The molecule has 0 aromatic carbocycles. The largest absolute Gasteiger partial charge is 0.365 e. The number of nitrogens with zero attached hydrogens (tertiary/aromatic N) is 6. The average molecular weight is 381 g/mol. The van der Waals surface area contributed by atoms with Gasteiger partial charge in [-0.25, -0.2) is 14.5 Å². The number of rotatable bonds is 4. The quantitative estimate of drug-likeness (QED) is 0.714. The minimum Gasteiger partial charge on any atom is -0.365 e. The van der Waals surface area contributed by atoms with Gasteiger partial charge in [0, 0.05) is 45.5 Å². The lowest BCUT2D eigenvalue weighted by atomic mass is 10.2. The Morgan fingerprint density at radius 3 is 2.75 bits per heavy atom. The summed E-state index contributed by atoms with van der Waals surface area (Å²) in [6, 6.07) is 7.47. The Labute approximate surface area is 161 Å². The monoisotopic (exact) mass is 381 g/mol. The van der Waals surface area contributed by atoms with Gasteiger partial charge in [0.25, 0.3) is 5.56 Å². The van der Waals surface area contributed by atoms with Crippen LogP contribution in [0.25, 0.3) is 5.82 Å². The third-order valence-corrected chi connectivity index (χ3v) is 5.05. The first-order valence-electron chi connectivity index (χ1n) is 9.19. The summed E-state index contributed by atoms with van der Waals surface area (Å²) in [5, 5.41) is 7.75. The number of aryl methyl sites for hydroxylation is 1. The second-order valence-corrected chi connectivity index (χ2v) is 7.16. The number of nitrogens with one attached hydrogen (secondary N) is 1. The smallest absolute Gasteiger partial charge is 0.332 e. The second-order valence-electron chi connectivity index (χ2n) is 7.16. The van der Waals surface area contributed by atoms with Gasteiger partial charge in [0.15, 0.2) is 5.82 Å². The lowest BCUT2D eigenvalue weighted by Crippen LogP contribution is -2.40. The zero-order valence-electron chi connectivity index (χ0n) is 16.2. The van der Waals surface area contributed by atoms with Crippen molar-refractivity contribution in [3.8, 4) is 5.82 Å². The van der Waals surface area contributed by atoms with Crippen LogP contribution in [0.4, 0.5) is 11.6 Å². The molecule has 9 nitrogen and oxygen atoms in total. The van der Waals surface area contributed by atoms with E-state index in [-0.39, 0.29) is 17.3 Å². The summed E-state index contributed by atoms with van der Waals surface area (Å²) in [5.41, 5.74) is 0.465. The minimum atomic E-state index is -0.317. The summed E-state index contributed by atoms with van der Waals surface area (Å²) in [7, 11) is 3.18. The standard InChI is InChI=1S/C19H23N7O2/c1-13-10-20-26(11-13)16-6-4-5-15(22-16)21-14-7-8-25(12-14)17-9-18(27)24(3)19(28)23(17)2/h4-6,9-11,14H,7-8,12H2,1-3H3,(H,21,22)/t14-/m0/s1. The van der Waals surface area contributed by atoms with Gasteiger partial charge in [-0.3, -0.25) is 13.9 Å². The maximum absolute atomic E-state index is 12.2. The lowest BCUT2D eigenvalue weighted by molar-refractivity contribution is 0.672. The van der Waals surface area contributed by atoms with Crippen LogP contribution < -0.4 is 21.5 Å². The van der Waals surface area contributed by atoms with Gasteiger partial charge < -0.3 is 10.2 Å². The van der Waals surface area contributed by atoms with Crippen molar-refractivity contribution in [3.05, 3.63) is 63.1 Å². The number of hydrogen-bond acceptors (Lipinski definition) is 6. The molecule has 1 fully saturated rings. The predicted molar refractivity (Wildman–Crippen MR) is 107 cm³/mol. The zero-order valence-corrected chi connectivity index (χ0v) is 16.2. The minimum absolute atomic E-state index is 0.168. The summed E-state index contributed by atoms with van der Waals surface area (Å²) in [6.07, 6.45) is 4.61. The molecule has 146 valence electrons. The fourth-order valence-corrected chi connectivity index (χ4v) is 3.49. The van der Waals surface area contributed by atoms with Crippen molar-refractivity contribution in [2.45, 2.75) is 19.4 Å². The van der Waals surface area contributed by atoms with Crippen molar-refractivity contribution in [1.29, 1.82) is 0 Å². The highest BCUT2D eigenvalue weighted by Gasteiger charge is 2.25. The van der Waals surface area contributed by atoms with E-state index in [1.54, 1.807) is 17.9 Å². The SMILES string of the molecule is Cc1cnn(-c2cccc(N[C@H]3CCN(c4cc(=O)n(C)c(=O)n4C)C3)n2)c1. The highest BCUT2D eigenvalue weighted by atomic mass is 16.2. The van der Waals surface area contributed by atoms with Crippen LogP contribution in [-0.2, 0) is 14.1 Å². The lowest BCUT2D eigenvalue weighted by Gasteiger charge is -2.21. The van der Waals surface area contributed by atoms with Gasteiger partial charge in [-0.05, 0) is 31.0 Å². The molecule has 4 rings (SSSR count). The maximum Gasteiger partial charge on any atom is 0.332 e. The van der Waals surface area contributed by atoms with E-state index in [9.17, 15) is 9.59 Å². The van der Waals surface area contributed by atoms with Crippen LogP contribution in [0.15, 0.2) is 46.2 Å². The van der Waals surface area contributed by atoms with E-state index in [4.69, 9.17) is 0 Å². The molecule has 0 saturated carbocycles. The highest BCUT2D eigenvalue weighted by molar-refractivity contribution is 5.45. The fraction of sp³-hybridized carbons (Fsp3) is 0.368. The van der Waals surface area contributed by atoms with Crippen LogP contribution in [0, 0.1) is 6.92 Å². The molecule has 4 heterocycles. The molecule has 3 aromatic heterocycles. The third kappa shape index (κ3) is 3.30. The molecule has 28 heavy (non-hydrogen) atoms. The summed E-state index contributed by atoms with van der Waals surface area (Å²) < 4.78 is 4.38. The van der Waals surface area contributed by atoms with Crippen LogP contribution in [0.1, 0.15) is 12.0 Å². The molecule has 0 amide bonds. The average Bonchev–Trinajstić information content (AvgIpc) is 3.32. The summed E-state index contributed by atoms with van der Waals surface area (Å²) >= 11 is 0. The molecule has 0 unspecified atom stereocenters. The molecular formula is C19H23N7O2. The van der Waals surface area contributed by atoms with E-state index in [1.807, 2.05) is 31.3 Å². The van der Waals surface area contributed by atoms with Crippen LogP contribution in [0.5, 0.6) is 0 Å². The number of aromatic nitrogens is 5. The third-order valence-electron chi connectivity index (χ3n) is 5.05. The first-order chi connectivity index (χ1) is 13.4. The van der Waals surface area contributed by atoms with E-state index in [0.29, 0.717) is 12.4 Å². The molecular weight excluding hydrogens is 358 g/mol. The first-order valence-corrected chi connectivity index (χ1v) is 9.19. The Hall–Kier alpha value is -3.36. The van der Waals surface area contributed by atoms with Crippen molar-refractivity contribution < 1.29 is 0 Å². The normalized spacial score (nSPS) is 16.5. The summed E-state index contributed by atoms with van der Waals surface area (Å²) in [6.45, 7) is 3.44. The van der Waals surface area contributed by atoms with Crippen molar-refractivity contribution >= 4 is 11.6 Å². The molecule has 0 radical (unpaired) electrons. The van der Waals surface area contributed by atoms with Gasteiger partial charge in [0.2, 0.25) is 0 Å². The van der Waals surface area contributed by atoms with Crippen molar-refractivity contribution in [1.82, 2.24) is 23.9 Å². The predicted octanol–water partition coefficient (Wildman–Crippen LogP) is 0.664. The molecule has 9 heteroatoms. The maximum atomic E-state index is 12.2. The Kier molecular flexibility index (Phi) is 4.50. The molecule has 1 aliphatic heterocycles. The Bertz CT molecular complexity index is 1130. The van der Waals surface area contributed by atoms with Crippen molar-refractivity contribution in [2.24, 2.45) is 14.1 Å². The van der Waals surface area contributed by atoms with Crippen LogP contribution in [-0.4, -0.2) is 43.0 Å². The van der Waals surface area contributed by atoms with Crippen molar-refractivity contribution in [3.63, 3.8) is 0 Å². The molecule has 0 bridgehead atoms. The highest BCUT2D eigenvalue weighted by Crippen LogP contribution is 2.20. The van der Waals surface area contributed by atoms with Gasteiger partial charge in [0.1, 0.15) is 11.6 Å². The van der Waals surface area contributed by atoms with Gasteiger partial charge in [-0.1, -0.05) is 6.07 Å². The van der Waals surface area contributed by atoms with Gasteiger partial charge >= 0.3 is 5.69 Å². The number of pyridine rings is 1. The van der Waals surface area contributed by atoms with Crippen molar-refractivity contribution in [2.75, 3.05) is 23.3 Å². The van der Waals surface area contributed by atoms with Crippen LogP contribution in [0.3, 0.4) is 0 Å². The molecule has 1 aliphatic rings. The topological polar surface area (TPSA) is 90.0 Å². The van der Waals surface area contributed by atoms with E-state index in [2.05, 4.69) is 20.3 Å². The molecule has 1 saturated heterocycles. The molecule has 1 atom stereocenters. The molecule has 1 N–H and O–H groups in total. The summed E-state index contributed by atoms with van der Waals surface area (Å²) in [4.78, 5) is 30.9. The summed E-state index contributed by atoms with van der Waals surface area (Å²) in [5.74, 6) is 2.17. The fourth-order valence-electron chi connectivity index (χ4n) is 3.49. The Morgan fingerprint density at radius 2 is 2.00 bits per heavy atom. The number of hydrogen-bond donors (Lipinski definition) is 1. The molecule has 0 spiro atoms. The Balaban J connectivity index is 1.50. The van der Waals surface area contributed by atoms with Gasteiger partial charge in [-0.15, -0.1) is 0 Å². The molecule has 0 aliphatic carbocycles. The number of anilines is 2. The second kappa shape index (κ2) is 6.99. The molecule has 3 aromatic rings. The van der Waals surface area contributed by atoms with E-state index in [0.717, 1.165) is 34.7 Å². The Morgan fingerprint density at radius 1 is 1.18 bits per heavy atom. The van der Waals surface area contributed by atoms with E-state index >= 15 is 0 Å². The van der Waals surface area contributed by atoms with Gasteiger partial charge in [0.05, 0.1) is 6.20 Å². The zero-order chi connectivity index (χ0) is 19.8. The van der Waals surface area contributed by atoms with E-state index < -0.39 is 0 Å². The van der Waals surface area contributed by atoms with Gasteiger partial charge in [-0.2, -0.15) is 5.10 Å². The van der Waals surface area contributed by atoms with E-state index in [1.165, 1.54) is 17.7 Å². The van der Waals surface area contributed by atoms with Crippen LogP contribution >= 0.6 is 0 Å².